The summed E-state index contributed by atoms with van der Waals surface area (Å²) in [4.78, 5) is 0. The predicted molar refractivity (Wildman–Crippen MR) is 92.1 cm³/mol. The second-order valence-electron chi connectivity index (χ2n) is 4.96. The minimum Gasteiger partial charge on any atom is -0.494 e. The summed E-state index contributed by atoms with van der Waals surface area (Å²) in [6, 6.07) is 12.4. The summed E-state index contributed by atoms with van der Waals surface area (Å²) in [6.45, 7) is 2.97. The lowest BCUT2D eigenvalue weighted by molar-refractivity contribution is -0.137. The molecule has 0 aliphatic carbocycles. The molecule has 2 N–H and O–H groups in total. The molecule has 7 heteroatoms. The van der Waals surface area contributed by atoms with E-state index < -0.39 is 11.7 Å². The fourth-order valence-corrected chi connectivity index (χ4v) is 2.19. The second-order valence-corrected chi connectivity index (χ2v) is 5.37. The van der Waals surface area contributed by atoms with Gasteiger partial charge in [-0.3, -0.25) is 0 Å². The van der Waals surface area contributed by atoms with Crippen molar-refractivity contribution >= 4 is 23.0 Å². The molecule has 128 valence electrons. The molecule has 0 spiro atoms. The Labute approximate surface area is 143 Å². The van der Waals surface area contributed by atoms with Crippen LogP contribution in [0.5, 0.6) is 5.75 Å². The van der Waals surface area contributed by atoms with Crippen LogP contribution in [0.2, 0.25) is 0 Å². The van der Waals surface area contributed by atoms with E-state index in [0.29, 0.717) is 13.2 Å². The van der Waals surface area contributed by atoms with Gasteiger partial charge < -0.3 is 15.4 Å². The van der Waals surface area contributed by atoms with E-state index in [9.17, 15) is 13.2 Å². The van der Waals surface area contributed by atoms with Gasteiger partial charge in [-0.25, -0.2) is 0 Å². The first-order valence-electron chi connectivity index (χ1n) is 7.32. The smallest absolute Gasteiger partial charge is 0.416 e. The third-order valence-corrected chi connectivity index (χ3v) is 3.38. The summed E-state index contributed by atoms with van der Waals surface area (Å²) < 4.78 is 43.4. The van der Waals surface area contributed by atoms with Gasteiger partial charge in [0, 0.05) is 12.2 Å². The van der Waals surface area contributed by atoms with Gasteiger partial charge in [0.1, 0.15) is 5.75 Å². The highest BCUT2D eigenvalue weighted by Gasteiger charge is 2.30. The van der Waals surface area contributed by atoms with Crippen LogP contribution in [0.15, 0.2) is 48.5 Å². The summed E-state index contributed by atoms with van der Waals surface area (Å²) in [7, 11) is 0. The van der Waals surface area contributed by atoms with Crippen LogP contribution < -0.4 is 15.4 Å². The van der Waals surface area contributed by atoms with Crippen LogP contribution >= 0.6 is 12.2 Å². The number of halogens is 3. The van der Waals surface area contributed by atoms with Crippen molar-refractivity contribution in [2.75, 3.05) is 11.9 Å². The van der Waals surface area contributed by atoms with Crippen molar-refractivity contribution < 1.29 is 17.9 Å². The Balaban J connectivity index is 1.89. The van der Waals surface area contributed by atoms with Crippen molar-refractivity contribution in [3.63, 3.8) is 0 Å². The van der Waals surface area contributed by atoms with Gasteiger partial charge in [0.25, 0.3) is 0 Å². The number of nitrogens with one attached hydrogen (secondary N) is 2. The van der Waals surface area contributed by atoms with E-state index in [1.54, 1.807) is 0 Å². The number of benzene rings is 2. The Morgan fingerprint density at radius 3 is 2.46 bits per heavy atom. The van der Waals surface area contributed by atoms with Crippen molar-refractivity contribution in [2.45, 2.75) is 19.6 Å². The molecule has 2 aromatic carbocycles. The molecule has 0 aromatic heterocycles. The number of ether oxygens (including phenoxy) is 1. The fraction of sp³-hybridized carbons (Fsp3) is 0.235. The Morgan fingerprint density at radius 2 is 1.83 bits per heavy atom. The average molecular weight is 354 g/mol. The van der Waals surface area contributed by atoms with Crippen LogP contribution in [0.1, 0.15) is 18.1 Å². The minimum atomic E-state index is -4.38. The quantitative estimate of drug-likeness (QED) is 0.770. The highest BCUT2D eigenvalue weighted by atomic mass is 32.1. The monoisotopic (exact) mass is 354 g/mol. The first kappa shape index (κ1) is 18.1. The van der Waals surface area contributed by atoms with Crippen LogP contribution in [0.25, 0.3) is 0 Å². The number of hydrogen-bond acceptors (Lipinski definition) is 2. The second kappa shape index (κ2) is 8.01. The molecule has 0 unspecified atom stereocenters. The van der Waals surface area contributed by atoms with E-state index in [0.717, 1.165) is 23.4 Å². The topological polar surface area (TPSA) is 33.3 Å². The van der Waals surface area contributed by atoms with Crippen molar-refractivity contribution in [1.82, 2.24) is 5.32 Å². The standard InChI is InChI=1S/C17H17F3N2OS/c1-2-23-15-8-6-12(7-9-15)11-21-16(24)22-14-5-3-4-13(10-14)17(18,19)20/h3-10H,2,11H2,1H3,(H2,21,22,24). The Hall–Kier alpha value is -2.28. The molecule has 0 bridgehead atoms. The normalized spacial score (nSPS) is 11.0. The molecule has 0 radical (unpaired) electrons. The Morgan fingerprint density at radius 1 is 1.12 bits per heavy atom. The van der Waals surface area contributed by atoms with Crippen molar-refractivity contribution in [1.29, 1.82) is 0 Å². The molecule has 0 fully saturated rings. The highest BCUT2D eigenvalue weighted by Crippen LogP contribution is 2.30. The van der Waals surface area contributed by atoms with Gasteiger partial charge in [-0.1, -0.05) is 18.2 Å². The minimum absolute atomic E-state index is 0.253. The molecule has 3 nitrogen and oxygen atoms in total. The molecule has 2 rings (SSSR count). The number of anilines is 1. The summed E-state index contributed by atoms with van der Waals surface area (Å²) >= 11 is 5.11. The van der Waals surface area contributed by atoms with E-state index in [1.807, 2.05) is 31.2 Å². The molecule has 0 heterocycles. The molecule has 0 aliphatic rings. The van der Waals surface area contributed by atoms with Crippen molar-refractivity contribution in [3.8, 4) is 5.75 Å². The molecule has 24 heavy (non-hydrogen) atoms. The molecule has 0 saturated heterocycles. The molecule has 2 aromatic rings. The van der Waals surface area contributed by atoms with Crippen LogP contribution in [0.4, 0.5) is 18.9 Å². The molecule has 0 amide bonds. The molecular formula is C17H17F3N2OS. The van der Waals surface area contributed by atoms with Crippen LogP contribution in [0.3, 0.4) is 0 Å². The SMILES string of the molecule is CCOc1ccc(CNC(=S)Nc2cccc(C(F)(F)F)c2)cc1. The third-order valence-electron chi connectivity index (χ3n) is 3.14. The number of rotatable bonds is 5. The molecule has 0 atom stereocenters. The Bertz CT molecular complexity index is 687. The van der Waals surface area contributed by atoms with Crippen molar-refractivity contribution in [3.05, 3.63) is 59.7 Å². The van der Waals surface area contributed by atoms with Gasteiger partial charge in [-0.2, -0.15) is 13.2 Å². The van der Waals surface area contributed by atoms with Gasteiger partial charge in [0.2, 0.25) is 0 Å². The predicted octanol–water partition coefficient (Wildman–Crippen LogP) is 4.59. The first-order chi connectivity index (χ1) is 11.4. The fourth-order valence-electron chi connectivity index (χ4n) is 2.00. The third kappa shape index (κ3) is 5.42. The van der Waals surface area contributed by atoms with Gasteiger partial charge in [-0.05, 0) is 55.0 Å². The van der Waals surface area contributed by atoms with Gasteiger partial charge >= 0.3 is 6.18 Å². The van der Waals surface area contributed by atoms with E-state index in [-0.39, 0.29) is 10.8 Å². The van der Waals surface area contributed by atoms with Crippen molar-refractivity contribution in [2.24, 2.45) is 0 Å². The molecule has 0 aliphatic heterocycles. The maximum absolute atomic E-state index is 12.7. The van der Waals surface area contributed by atoms with Gasteiger partial charge in [-0.15, -0.1) is 0 Å². The summed E-state index contributed by atoms with van der Waals surface area (Å²) in [5.41, 5.74) is 0.544. The van der Waals surface area contributed by atoms with Gasteiger partial charge in [0.05, 0.1) is 12.2 Å². The lowest BCUT2D eigenvalue weighted by atomic mass is 10.2. The average Bonchev–Trinajstić information content (AvgIpc) is 2.54. The number of alkyl halides is 3. The Kier molecular flexibility index (Phi) is 6.03. The highest BCUT2D eigenvalue weighted by molar-refractivity contribution is 7.80. The number of hydrogen-bond donors (Lipinski definition) is 2. The molecule has 0 saturated carbocycles. The van der Waals surface area contributed by atoms with Crippen LogP contribution in [-0.4, -0.2) is 11.7 Å². The van der Waals surface area contributed by atoms with E-state index in [1.165, 1.54) is 12.1 Å². The summed E-state index contributed by atoms with van der Waals surface area (Å²) in [5.74, 6) is 0.783. The zero-order valence-corrected chi connectivity index (χ0v) is 13.8. The maximum Gasteiger partial charge on any atom is 0.416 e. The van der Waals surface area contributed by atoms with E-state index >= 15 is 0 Å². The van der Waals surface area contributed by atoms with E-state index in [2.05, 4.69) is 10.6 Å². The van der Waals surface area contributed by atoms with Gasteiger partial charge in [0.15, 0.2) is 5.11 Å². The number of thiocarbonyl (C=S) groups is 1. The largest absolute Gasteiger partial charge is 0.494 e. The first-order valence-corrected chi connectivity index (χ1v) is 7.73. The summed E-state index contributed by atoms with van der Waals surface area (Å²) in [6.07, 6.45) is -4.38. The lowest BCUT2D eigenvalue weighted by Crippen LogP contribution is -2.28. The van der Waals surface area contributed by atoms with E-state index in [4.69, 9.17) is 17.0 Å². The zero-order valence-electron chi connectivity index (χ0n) is 13.0. The summed E-state index contributed by atoms with van der Waals surface area (Å²) in [5, 5.41) is 5.96. The maximum atomic E-state index is 12.7. The van der Waals surface area contributed by atoms with Crippen LogP contribution in [-0.2, 0) is 12.7 Å². The zero-order chi connectivity index (χ0) is 17.6. The van der Waals surface area contributed by atoms with Crippen LogP contribution in [0, 0.1) is 0 Å². The molecular weight excluding hydrogens is 337 g/mol. The lowest BCUT2D eigenvalue weighted by Gasteiger charge is -2.13.